The van der Waals surface area contributed by atoms with Crippen molar-refractivity contribution in [3.8, 4) is 11.5 Å². The number of fused-ring (bicyclic) bond motifs is 1. The molecule has 8 heteroatoms. The summed E-state index contributed by atoms with van der Waals surface area (Å²) in [6.45, 7) is 0.535. The third-order valence-corrected chi connectivity index (χ3v) is 8.95. The van der Waals surface area contributed by atoms with Crippen molar-refractivity contribution in [2.75, 3.05) is 13.3 Å². The SMILES string of the molecule is O=C(CCN1C(=O)/C(=C/c2ccc3c(c2)OCO3)SC1=S)NC12CC3CC(CC(C3)C1)C2. The number of amides is 2. The van der Waals surface area contributed by atoms with Gasteiger partial charge in [0.15, 0.2) is 11.5 Å². The molecule has 6 nitrogen and oxygen atoms in total. The van der Waals surface area contributed by atoms with Gasteiger partial charge in [0.1, 0.15) is 4.32 Å². The third kappa shape index (κ3) is 3.71. The first kappa shape index (κ1) is 20.5. The van der Waals surface area contributed by atoms with E-state index in [0.29, 0.717) is 27.3 Å². The highest BCUT2D eigenvalue weighted by molar-refractivity contribution is 8.26. The van der Waals surface area contributed by atoms with E-state index in [1.54, 1.807) is 4.90 Å². The quantitative estimate of drug-likeness (QED) is 0.516. The van der Waals surface area contributed by atoms with Crippen molar-refractivity contribution in [3.05, 3.63) is 28.7 Å². The predicted molar refractivity (Wildman–Crippen MR) is 126 cm³/mol. The first-order valence-electron chi connectivity index (χ1n) is 11.4. The van der Waals surface area contributed by atoms with Gasteiger partial charge < -0.3 is 14.8 Å². The Morgan fingerprint density at radius 1 is 1.16 bits per heavy atom. The van der Waals surface area contributed by atoms with Crippen LogP contribution in [0.4, 0.5) is 0 Å². The van der Waals surface area contributed by atoms with Gasteiger partial charge in [-0.2, -0.15) is 0 Å². The van der Waals surface area contributed by atoms with E-state index >= 15 is 0 Å². The van der Waals surface area contributed by atoms with Crippen molar-refractivity contribution in [3.63, 3.8) is 0 Å². The van der Waals surface area contributed by atoms with E-state index in [-0.39, 0.29) is 30.6 Å². The molecule has 5 fully saturated rings. The summed E-state index contributed by atoms with van der Waals surface area (Å²) in [5, 5.41) is 3.39. The fourth-order valence-corrected chi connectivity index (χ4v) is 7.99. The Morgan fingerprint density at radius 3 is 2.56 bits per heavy atom. The van der Waals surface area contributed by atoms with Crippen LogP contribution in [-0.4, -0.2) is 39.9 Å². The summed E-state index contributed by atoms with van der Waals surface area (Å²) in [5.41, 5.74) is 0.856. The average Bonchev–Trinajstić information content (AvgIpc) is 3.29. The number of nitrogens with one attached hydrogen (secondary N) is 1. The minimum Gasteiger partial charge on any atom is -0.454 e. The van der Waals surface area contributed by atoms with Crippen LogP contribution in [0, 0.1) is 17.8 Å². The topological polar surface area (TPSA) is 67.9 Å². The summed E-state index contributed by atoms with van der Waals surface area (Å²) >= 11 is 6.73. The lowest BCUT2D eigenvalue weighted by Crippen LogP contribution is -2.60. The highest BCUT2D eigenvalue weighted by Gasteiger charge is 2.51. The Balaban J connectivity index is 1.08. The molecule has 1 N–H and O–H groups in total. The Bertz CT molecular complexity index is 1000. The lowest BCUT2D eigenvalue weighted by Gasteiger charge is -2.57. The van der Waals surface area contributed by atoms with Gasteiger partial charge in [-0.25, -0.2) is 0 Å². The van der Waals surface area contributed by atoms with Crippen molar-refractivity contribution in [2.24, 2.45) is 17.8 Å². The van der Waals surface area contributed by atoms with Crippen LogP contribution in [-0.2, 0) is 9.59 Å². The summed E-state index contributed by atoms with van der Waals surface area (Å²) in [4.78, 5) is 27.9. The Labute approximate surface area is 197 Å². The number of hydrogen-bond donors (Lipinski definition) is 1. The highest BCUT2D eigenvalue weighted by Crippen LogP contribution is 2.55. The van der Waals surface area contributed by atoms with Gasteiger partial charge in [0.25, 0.3) is 5.91 Å². The standard InChI is InChI=1S/C24H26N2O4S2/c27-21(25-24-10-15-5-16(11-24)7-17(6-15)12-24)3-4-26-22(28)20(32-23(26)31)9-14-1-2-18-19(8-14)30-13-29-18/h1-2,8-9,15-17H,3-7,10-13H2,(H,25,27)/b20-9-. The predicted octanol–water partition coefficient (Wildman–Crippen LogP) is 4.09. The molecule has 7 rings (SSSR count). The summed E-state index contributed by atoms with van der Waals surface area (Å²) in [7, 11) is 0. The minimum atomic E-state index is -0.139. The Kier molecular flexibility index (Phi) is 4.98. The molecular formula is C24H26N2O4S2. The van der Waals surface area contributed by atoms with E-state index in [9.17, 15) is 9.59 Å². The van der Waals surface area contributed by atoms with Gasteiger partial charge in [-0.15, -0.1) is 0 Å². The normalized spacial score (nSPS) is 33.4. The number of benzene rings is 1. The van der Waals surface area contributed by atoms with Crippen molar-refractivity contribution in [2.45, 2.75) is 50.5 Å². The smallest absolute Gasteiger partial charge is 0.266 e. The Hall–Kier alpha value is -2.06. The number of thioether (sulfide) groups is 1. The number of nitrogens with zero attached hydrogens (tertiary/aromatic N) is 1. The molecule has 1 aromatic rings. The summed E-state index contributed by atoms with van der Waals surface area (Å²) < 4.78 is 11.3. The van der Waals surface area contributed by atoms with Gasteiger partial charge in [0, 0.05) is 18.5 Å². The first-order valence-corrected chi connectivity index (χ1v) is 12.6. The molecule has 0 atom stereocenters. The molecule has 168 valence electrons. The van der Waals surface area contributed by atoms with Crippen molar-refractivity contribution >= 4 is 46.2 Å². The van der Waals surface area contributed by atoms with Crippen LogP contribution < -0.4 is 14.8 Å². The Morgan fingerprint density at radius 2 is 1.84 bits per heavy atom. The van der Waals surface area contributed by atoms with Crippen LogP contribution >= 0.6 is 24.0 Å². The molecule has 2 amide bonds. The zero-order valence-corrected chi connectivity index (χ0v) is 19.4. The maximum absolute atomic E-state index is 12.9. The molecule has 0 unspecified atom stereocenters. The molecule has 4 saturated carbocycles. The van der Waals surface area contributed by atoms with E-state index in [4.69, 9.17) is 21.7 Å². The number of hydrogen-bond acceptors (Lipinski definition) is 6. The van der Waals surface area contributed by atoms with Crippen LogP contribution in [0.25, 0.3) is 6.08 Å². The number of thiocarbonyl (C=S) groups is 1. The monoisotopic (exact) mass is 470 g/mol. The number of ether oxygens (including phenoxy) is 2. The van der Waals surface area contributed by atoms with Crippen LogP contribution in [0.2, 0.25) is 0 Å². The molecule has 32 heavy (non-hydrogen) atoms. The maximum atomic E-state index is 12.9. The van der Waals surface area contributed by atoms with Gasteiger partial charge in [-0.05, 0) is 80.1 Å². The molecule has 2 heterocycles. The van der Waals surface area contributed by atoms with Crippen LogP contribution in [0.3, 0.4) is 0 Å². The second kappa shape index (κ2) is 7.76. The van der Waals surface area contributed by atoms with Gasteiger partial charge in [0.05, 0.1) is 4.91 Å². The second-order valence-electron chi connectivity index (χ2n) is 9.94. The molecule has 0 aromatic heterocycles. The van der Waals surface area contributed by atoms with E-state index in [0.717, 1.165) is 42.6 Å². The van der Waals surface area contributed by atoms with Crippen molar-refractivity contribution < 1.29 is 19.1 Å². The van der Waals surface area contributed by atoms with Crippen LogP contribution in [0.1, 0.15) is 50.5 Å². The van der Waals surface area contributed by atoms with E-state index in [2.05, 4.69) is 5.32 Å². The molecule has 0 radical (unpaired) electrons. The third-order valence-electron chi connectivity index (χ3n) is 7.57. The highest BCUT2D eigenvalue weighted by atomic mass is 32.2. The molecule has 4 aliphatic carbocycles. The van der Waals surface area contributed by atoms with E-state index in [1.165, 1.54) is 31.0 Å². The summed E-state index contributed by atoms with van der Waals surface area (Å²) in [6.07, 6.45) is 9.53. The van der Waals surface area contributed by atoms with Crippen LogP contribution in [0.5, 0.6) is 11.5 Å². The van der Waals surface area contributed by atoms with Gasteiger partial charge in [-0.3, -0.25) is 14.5 Å². The molecule has 6 aliphatic rings. The van der Waals surface area contributed by atoms with Gasteiger partial charge in [0.2, 0.25) is 12.7 Å². The van der Waals surface area contributed by atoms with Crippen molar-refractivity contribution in [1.29, 1.82) is 0 Å². The summed E-state index contributed by atoms with van der Waals surface area (Å²) in [6, 6.07) is 5.58. The number of carbonyl (C=O) groups is 2. The number of carbonyl (C=O) groups excluding carboxylic acids is 2. The van der Waals surface area contributed by atoms with Gasteiger partial charge in [-0.1, -0.05) is 30.0 Å². The molecular weight excluding hydrogens is 444 g/mol. The van der Waals surface area contributed by atoms with E-state index in [1.807, 2.05) is 24.3 Å². The zero-order chi connectivity index (χ0) is 21.9. The molecule has 4 bridgehead atoms. The number of rotatable bonds is 5. The maximum Gasteiger partial charge on any atom is 0.266 e. The molecule has 0 spiro atoms. The molecule has 1 saturated heterocycles. The first-order chi connectivity index (χ1) is 15.5. The molecule has 2 aliphatic heterocycles. The largest absolute Gasteiger partial charge is 0.454 e. The second-order valence-corrected chi connectivity index (χ2v) is 11.6. The molecule has 1 aromatic carbocycles. The zero-order valence-electron chi connectivity index (χ0n) is 17.8. The average molecular weight is 471 g/mol. The summed E-state index contributed by atoms with van der Waals surface area (Å²) in [5.74, 6) is 3.65. The van der Waals surface area contributed by atoms with Gasteiger partial charge >= 0.3 is 0 Å². The minimum absolute atomic E-state index is 0.000523. The van der Waals surface area contributed by atoms with Crippen LogP contribution in [0.15, 0.2) is 23.1 Å². The van der Waals surface area contributed by atoms with Crippen molar-refractivity contribution in [1.82, 2.24) is 10.2 Å². The fraction of sp³-hybridized carbons (Fsp3) is 0.542. The lowest BCUT2D eigenvalue weighted by molar-refractivity contribution is -0.127. The van der Waals surface area contributed by atoms with E-state index < -0.39 is 0 Å². The fourth-order valence-electron chi connectivity index (χ4n) is 6.68. The lowest BCUT2D eigenvalue weighted by atomic mass is 9.53.